The van der Waals surface area contributed by atoms with Crippen molar-refractivity contribution in [2.75, 3.05) is 13.1 Å². The van der Waals surface area contributed by atoms with Gasteiger partial charge in [0.2, 0.25) is 5.89 Å². The molecular weight excluding hydrogens is 178 g/mol. The van der Waals surface area contributed by atoms with Crippen LogP contribution in [0.15, 0.2) is 17.2 Å². The molecule has 0 atom stereocenters. The first-order valence-electron chi connectivity index (χ1n) is 4.93. The number of rotatable bonds is 7. The molecule has 1 N–H and O–H groups in total. The van der Waals surface area contributed by atoms with E-state index < -0.39 is 0 Å². The van der Waals surface area contributed by atoms with Gasteiger partial charge in [-0.15, -0.1) is 6.58 Å². The van der Waals surface area contributed by atoms with E-state index in [1.807, 2.05) is 13.0 Å². The van der Waals surface area contributed by atoms with Gasteiger partial charge in [0, 0.05) is 13.0 Å². The molecule has 0 aliphatic heterocycles. The molecule has 0 fully saturated rings. The van der Waals surface area contributed by atoms with E-state index in [-0.39, 0.29) is 0 Å². The van der Waals surface area contributed by atoms with E-state index >= 15 is 0 Å². The largest absolute Gasteiger partial charge is 0.339 e. The van der Waals surface area contributed by atoms with Crippen molar-refractivity contribution in [3.63, 3.8) is 0 Å². The van der Waals surface area contributed by atoms with Gasteiger partial charge in [-0.1, -0.05) is 11.2 Å². The van der Waals surface area contributed by atoms with E-state index in [0.29, 0.717) is 11.7 Å². The Morgan fingerprint density at radius 2 is 2.36 bits per heavy atom. The molecular formula is C10H17N3O. The molecule has 1 heterocycles. The predicted molar refractivity (Wildman–Crippen MR) is 55.0 cm³/mol. The third kappa shape index (κ3) is 4.18. The summed E-state index contributed by atoms with van der Waals surface area (Å²) in [5.41, 5.74) is 0. The maximum absolute atomic E-state index is 4.97. The molecule has 1 aromatic rings. The van der Waals surface area contributed by atoms with Crippen LogP contribution in [0.1, 0.15) is 24.6 Å². The first-order valence-corrected chi connectivity index (χ1v) is 4.93. The average molecular weight is 195 g/mol. The Kier molecular flexibility index (Phi) is 4.93. The van der Waals surface area contributed by atoms with Crippen LogP contribution in [0.2, 0.25) is 0 Å². The smallest absolute Gasteiger partial charge is 0.227 e. The maximum atomic E-state index is 4.97. The fourth-order valence-corrected chi connectivity index (χ4v) is 1.13. The van der Waals surface area contributed by atoms with Gasteiger partial charge in [-0.2, -0.15) is 4.98 Å². The molecule has 0 aromatic carbocycles. The SMILES string of the molecule is C=CCCCNCCc1nc(C)no1. The Labute approximate surface area is 84.4 Å². The minimum absolute atomic E-state index is 0.701. The van der Waals surface area contributed by atoms with Gasteiger partial charge in [-0.25, -0.2) is 0 Å². The first-order chi connectivity index (χ1) is 6.83. The number of hydrogen-bond acceptors (Lipinski definition) is 4. The summed E-state index contributed by atoms with van der Waals surface area (Å²) >= 11 is 0. The Hall–Kier alpha value is -1.16. The molecule has 14 heavy (non-hydrogen) atoms. The highest BCUT2D eigenvalue weighted by atomic mass is 16.5. The van der Waals surface area contributed by atoms with Gasteiger partial charge >= 0.3 is 0 Å². The molecule has 0 saturated carbocycles. The van der Waals surface area contributed by atoms with Gasteiger partial charge in [0.05, 0.1) is 0 Å². The maximum Gasteiger partial charge on any atom is 0.227 e. The van der Waals surface area contributed by atoms with Crippen molar-refractivity contribution in [2.24, 2.45) is 0 Å². The fraction of sp³-hybridized carbons (Fsp3) is 0.600. The first kappa shape index (κ1) is 10.9. The number of hydrogen-bond donors (Lipinski definition) is 1. The highest BCUT2D eigenvalue weighted by molar-refractivity contribution is 4.83. The second kappa shape index (κ2) is 6.32. The third-order valence-corrected chi connectivity index (χ3v) is 1.85. The van der Waals surface area contributed by atoms with E-state index in [2.05, 4.69) is 22.0 Å². The minimum atomic E-state index is 0.701. The van der Waals surface area contributed by atoms with E-state index in [9.17, 15) is 0 Å². The molecule has 0 unspecified atom stereocenters. The van der Waals surface area contributed by atoms with Crippen LogP contribution in [-0.4, -0.2) is 23.2 Å². The topological polar surface area (TPSA) is 51.0 Å². The van der Waals surface area contributed by atoms with Crippen LogP contribution in [-0.2, 0) is 6.42 Å². The second-order valence-corrected chi connectivity index (χ2v) is 3.17. The zero-order chi connectivity index (χ0) is 10.2. The average Bonchev–Trinajstić information content (AvgIpc) is 2.58. The zero-order valence-electron chi connectivity index (χ0n) is 8.62. The molecule has 4 nitrogen and oxygen atoms in total. The van der Waals surface area contributed by atoms with E-state index in [0.717, 1.165) is 32.4 Å². The van der Waals surface area contributed by atoms with E-state index in [4.69, 9.17) is 4.52 Å². The summed E-state index contributed by atoms with van der Waals surface area (Å²) in [5, 5.41) is 7.02. The Bertz CT molecular complexity index is 270. The van der Waals surface area contributed by atoms with Crippen molar-refractivity contribution < 1.29 is 4.52 Å². The van der Waals surface area contributed by atoms with Crippen molar-refractivity contribution in [2.45, 2.75) is 26.2 Å². The lowest BCUT2D eigenvalue weighted by Crippen LogP contribution is -2.18. The van der Waals surface area contributed by atoms with Crippen molar-refractivity contribution in [1.29, 1.82) is 0 Å². The highest BCUT2D eigenvalue weighted by Gasteiger charge is 2.00. The molecule has 0 bridgehead atoms. The summed E-state index contributed by atoms with van der Waals surface area (Å²) in [6, 6.07) is 0. The molecule has 4 heteroatoms. The molecule has 78 valence electrons. The van der Waals surface area contributed by atoms with Gasteiger partial charge in [-0.05, 0) is 26.3 Å². The molecule has 0 saturated heterocycles. The number of aryl methyl sites for hydroxylation is 1. The van der Waals surface area contributed by atoms with Gasteiger partial charge in [0.15, 0.2) is 5.82 Å². The number of nitrogens with zero attached hydrogens (tertiary/aromatic N) is 2. The molecule has 0 spiro atoms. The molecule has 0 amide bonds. The lowest BCUT2D eigenvalue weighted by molar-refractivity contribution is 0.372. The number of aromatic nitrogens is 2. The van der Waals surface area contributed by atoms with E-state index in [1.54, 1.807) is 0 Å². The second-order valence-electron chi connectivity index (χ2n) is 3.17. The van der Waals surface area contributed by atoms with Crippen LogP contribution in [0.3, 0.4) is 0 Å². The summed E-state index contributed by atoms with van der Waals surface area (Å²) in [6.45, 7) is 7.39. The van der Waals surface area contributed by atoms with Crippen LogP contribution in [0, 0.1) is 6.92 Å². The van der Waals surface area contributed by atoms with Crippen molar-refractivity contribution >= 4 is 0 Å². The standard InChI is InChI=1S/C10H17N3O/c1-3-4-5-7-11-8-6-10-12-9(2)13-14-10/h3,11H,1,4-8H2,2H3. The van der Waals surface area contributed by atoms with Crippen molar-refractivity contribution in [3.8, 4) is 0 Å². The fourth-order valence-electron chi connectivity index (χ4n) is 1.13. The van der Waals surface area contributed by atoms with Crippen LogP contribution in [0.25, 0.3) is 0 Å². The van der Waals surface area contributed by atoms with Crippen molar-refractivity contribution in [1.82, 2.24) is 15.5 Å². The highest BCUT2D eigenvalue weighted by Crippen LogP contribution is 1.95. The van der Waals surface area contributed by atoms with Crippen molar-refractivity contribution in [3.05, 3.63) is 24.4 Å². The zero-order valence-corrected chi connectivity index (χ0v) is 8.62. The molecule has 0 radical (unpaired) electrons. The third-order valence-electron chi connectivity index (χ3n) is 1.85. The van der Waals surface area contributed by atoms with Crippen LogP contribution >= 0.6 is 0 Å². The Balaban J connectivity index is 2.01. The van der Waals surface area contributed by atoms with E-state index in [1.165, 1.54) is 0 Å². The van der Waals surface area contributed by atoms with Crippen LogP contribution in [0.5, 0.6) is 0 Å². The van der Waals surface area contributed by atoms with Crippen LogP contribution < -0.4 is 5.32 Å². The summed E-state index contributed by atoms with van der Waals surface area (Å²) in [5.74, 6) is 1.41. The normalized spacial score (nSPS) is 10.4. The number of unbranched alkanes of at least 4 members (excludes halogenated alkanes) is 1. The Morgan fingerprint density at radius 3 is 3.00 bits per heavy atom. The number of nitrogens with one attached hydrogen (secondary N) is 1. The van der Waals surface area contributed by atoms with Gasteiger partial charge < -0.3 is 9.84 Å². The summed E-state index contributed by atoms with van der Waals surface area (Å²) in [4.78, 5) is 4.11. The lowest BCUT2D eigenvalue weighted by atomic mass is 10.3. The summed E-state index contributed by atoms with van der Waals surface area (Å²) in [7, 11) is 0. The monoisotopic (exact) mass is 195 g/mol. The molecule has 0 aliphatic carbocycles. The van der Waals surface area contributed by atoms with Gasteiger partial charge in [0.25, 0.3) is 0 Å². The summed E-state index contributed by atoms with van der Waals surface area (Å²) in [6.07, 6.45) is 4.93. The summed E-state index contributed by atoms with van der Waals surface area (Å²) < 4.78 is 4.97. The molecule has 0 aliphatic rings. The number of allylic oxidation sites excluding steroid dienone is 1. The molecule has 1 aromatic heterocycles. The quantitative estimate of drug-likeness (QED) is 0.529. The van der Waals surface area contributed by atoms with Crippen LogP contribution in [0.4, 0.5) is 0 Å². The predicted octanol–water partition coefficient (Wildman–Crippen LogP) is 1.48. The van der Waals surface area contributed by atoms with Gasteiger partial charge in [0.1, 0.15) is 0 Å². The minimum Gasteiger partial charge on any atom is -0.339 e. The van der Waals surface area contributed by atoms with Gasteiger partial charge in [-0.3, -0.25) is 0 Å². The Morgan fingerprint density at radius 1 is 1.50 bits per heavy atom. The lowest BCUT2D eigenvalue weighted by Gasteiger charge is -1.99. The molecule has 1 rings (SSSR count).